The molecule has 1 atom stereocenters. The number of para-hydroxylation sites is 1. The largest absolute Gasteiger partial charge is 0.507 e. The first kappa shape index (κ1) is 26.4. The van der Waals surface area contributed by atoms with E-state index in [2.05, 4.69) is 8.75 Å². The molecular weight excluding hydrogens is 522 g/mol. The number of sulfonamides is 1. The van der Waals surface area contributed by atoms with Crippen LogP contribution in [0.4, 0.5) is 5.69 Å². The van der Waals surface area contributed by atoms with Crippen LogP contribution in [0.1, 0.15) is 68.9 Å². The van der Waals surface area contributed by atoms with Crippen molar-refractivity contribution in [2.45, 2.75) is 69.7 Å². The standard InChI is InChI=1S/C28H31N3O5S2/c1-18(2)17-22(25-27(32)20-13-8-3-4-9-15-23(20)36-28(25)33)31(19-11-6-5-7-12-19)38(34,35)24-16-10-14-21-26(24)30-37-29-21/h5-7,10-12,14,16,18,22,32H,3-4,8-9,13,15,17H2,1-2H3. The molecule has 2 aromatic carbocycles. The Bertz CT molecular complexity index is 1600. The Morgan fingerprint density at radius 1 is 1.00 bits per heavy atom. The molecule has 5 rings (SSSR count). The Morgan fingerprint density at radius 3 is 2.47 bits per heavy atom. The number of rotatable bonds is 7. The molecule has 0 saturated carbocycles. The van der Waals surface area contributed by atoms with Gasteiger partial charge in [0.05, 0.1) is 23.5 Å². The Balaban J connectivity index is 1.77. The molecule has 0 bridgehead atoms. The average Bonchev–Trinajstić information content (AvgIpc) is 3.34. The highest BCUT2D eigenvalue weighted by atomic mass is 32.2. The Kier molecular flexibility index (Phi) is 7.54. The van der Waals surface area contributed by atoms with E-state index in [4.69, 9.17) is 4.42 Å². The van der Waals surface area contributed by atoms with Gasteiger partial charge in [0.1, 0.15) is 33.0 Å². The van der Waals surface area contributed by atoms with Gasteiger partial charge in [0, 0.05) is 12.0 Å². The number of anilines is 1. The monoisotopic (exact) mass is 553 g/mol. The van der Waals surface area contributed by atoms with Crippen LogP contribution in [0.15, 0.2) is 62.6 Å². The molecule has 8 nitrogen and oxygen atoms in total. The Morgan fingerprint density at radius 2 is 1.74 bits per heavy atom. The van der Waals surface area contributed by atoms with Gasteiger partial charge in [-0.2, -0.15) is 8.75 Å². The second-order valence-electron chi connectivity index (χ2n) is 10.1. The zero-order valence-corrected chi connectivity index (χ0v) is 23.1. The lowest BCUT2D eigenvalue weighted by molar-refractivity contribution is 0.374. The number of hydrogen-bond acceptors (Lipinski definition) is 8. The van der Waals surface area contributed by atoms with Gasteiger partial charge < -0.3 is 9.52 Å². The maximum atomic E-state index is 14.5. The van der Waals surface area contributed by atoms with Crippen molar-refractivity contribution in [3.8, 4) is 5.75 Å². The summed E-state index contributed by atoms with van der Waals surface area (Å²) in [7, 11) is -4.27. The van der Waals surface area contributed by atoms with Gasteiger partial charge in [-0.1, -0.05) is 51.0 Å². The lowest BCUT2D eigenvalue weighted by Crippen LogP contribution is -2.38. The van der Waals surface area contributed by atoms with E-state index in [0.717, 1.165) is 37.4 Å². The predicted octanol–water partition coefficient (Wildman–Crippen LogP) is 5.99. The van der Waals surface area contributed by atoms with Crippen LogP contribution in [-0.4, -0.2) is 22.3 Å². The fraction of sp³-hybridized carbons (Fsp3) is 0.393. The Labute approximate surface area is 226 Å². The number of aromatic nitrogens is 2. The third kappa shape index (κ3) is 4.94. The van der Waals surface area contributed by atoms with Crippen LogP contribution >= 0.6 is 11.7 Å². The van der Waals surface area contributed by atoms with Crippen molar-refractivity contribution in [2.75, 3.05) is 4.31 Å². The molecule has 2 aromatic heterocycles. The second kappa shape index (κ2) is 10.9. The van der Waals surface area contributed by atoms with Crippen LogP contribution in [0, 0.1) is 5.92 Å². The summed E-state index contributed by atoms with van der Waals surface area (Å²) in [5.74, 6) is 0.360. The zero-order chi connectivity index (χ0) is 26.9. The number of nitrogens with zero attached hydrogens (tertiary/aromatic N) is 3. The van der Waals surface area contributed by atoms with Gasteiger partial charge in [-0.05, 0) is 55.9 Å². The first-order valence-corrected chi connectivity index (χ1v) is 15.1. The van der Waals surface area contributed by atoms with E-state index < -0.39 is 21.7 Å². The molecule has 0 amide bonds. The van der Waals surface area contributed by atoms with Crippen LogP contribution in [0.5, 0.6) is 5.75 Å². The zero-order valence-electron chi connectivity index (χ0n) is 21.5. The van der Waals surface area contributed by atoms with Crippen molar-refractivity contribution in [3.05, 3.63) is 75.8 Å². The molecular formula is C28H31N3O5S2. The third-order valence-electron chi connectivity index (χ3n) is 7.00. The van der Waals surface area contributed by atoms with Crippen LogP contribution in [0.3, 0.4) is 0 Å². The van der Waals surface area contributed by atoms with E-state index in [9.17, 15) is 18.3 Å². The quantitative estimate of drug-likeness (QED) is 0.299. The van der Waals surface area contributed by atoms with Gasteiger partial charge in [-0.15, -0.1) is 0 Å². The maximum absolute atomic E-state index is 14.5. The van der Waals surface area contributed by atoms with E-state index in [-0.39, 0.29) is 34.1 Å². The topological polar surface area (TPSA) is 114 Å². The van der Waals surface area contributed by atoms with Crippen LogP contribution < -0.4 is 9.93 Å². The molecule has 0 radical (unpaired) electrons. The van der Waals surface area contributed by atoms with Crippen molar-refractivity contribution in [2.24, 2.45) is 5.92 Å². The first-order valence-electron chi connectivity index (χ1n) is 13.0. The number of aryl methyl sites for hydroxylation is 1. The SMILES string of the molecule is CC(C)CC(c1c(O)c2c(oc1=O)CCCCCC2)N(c1ccccc1)S(=O)(=O)c1cccc2nsnc12. The van der Waals surface area contributed by atoms with E-state index in [1.165, 1.54) is 10.4 Å². The summed E-state index contributed by atoms with van der Waals surface area (Å²) in [6.07, 6.45) is 5.25. The minimum Gasteiger partial charge on any atom is -0.507 e. The molecule has 0 aliphatic heterocycles. The molecule has 1 unspecified atom stereocenters. The van der Waals surface area contributed by atoms with Crippen LogP contribution in [0.2, 0.25) is 0 Å². The summed E-state index contributed by atoms with van der Waals surface area (Å²) in [6.45, 7) is 3.92. The van der Waals surface area contributed by atoms with Gasteiger partial charge >= 0.3 is 5.63 Å². The minimum atomic E-state index is -4.27. The van der Waals surface area contributed by atoms with E-state index in [0.29, 0.717) is 35.4 Å². The molecule has 1 N–H and O–H groups in total. The first-order chi connectivity index (χ1) is 18.3. The number of hydrogen-bond donors (Lipinski definition) is 1. The van der Waals surface area contributed by atoms with Gasteiger partial charge in [-0.3, -0.25) is 4.31 Å². The normalized spacial score (nSPS) is 15.1. The van der Waals surface area contributed by atoms with Crippen molar-refractivity contribution >= 4 is 38.5 Å². The van der Waals surface area contributed by atoms with Gasteiger partial charge in [-0.25, -0.2) is 13.2 Å². The number of aromatic hydroxyl groups is 1. The van der Waals surface area contributed by atoms with E-state index in [1.807, 2.05) is 13.8 Å². The summed E-state index contributed by atoms with van der Waals surface area (Å²) in [4.78, 5) is 13.5. The highest BCUT2D eigenvalue weighted by molar-refractivity contribution is 7.93. The molecule has 1 aliphatic rings. The molecule has 0 fully saturated rings. The fourth-order valence-corrected chi connectivity index (χ4v) is 7.64. The van der Waals surface area contributed by atoms with Crippen LogP contribution in [0.25, 0.3) is 11.0 Å². The lowest BCUT2D eigenvalue weighted by atomic mass is 9.92. The summed E-state index contributed by atoms with van der Waals surface area (Å²) in [6, 6.07) is 12.5. The third-order valence-corrected chi connectivity index (χ3v) is 9.41. The molecule has 38 heavy (non-hydrogen) atoms. The number of benzene rings is 2. The summed E-state index contributed by atoms with van der Waals surface area (Å²) >= 11 is 0.942. The maximum Gasteiger partial charge on any atom is 0.345 e. The molecule has 2 heterocycles. The highest BCUT2D eigenvalue weighted by Crippen LogP contribution is 2.42. The summed E-state index contributed by atoms with van der Waals surface area (Å²) in [5.41, 5.74) is 1.03. The van der Waals surface area contributed by atoms with Crippen molar-refractivity contribution in [1.82, 2.24) is 8.75 Å². The van der Waals surface area contributed by atoms with Crippen molar-refractivity contribution in [1.29, 1.82) is 0 Å². The number of fused-ring (bicyclic) bond motifs is 2. The highest BCUT2D eigenvalue weighted by Gasteiger charge is 2.39. The van der Waals surface area contributed by atoms with Gasteiger partial charge in [0.15, 0.2) is 0 Å². The molecule has 0 saturated heterocycles. The summed E-state index contributed by atoms with van der Waals surface area (Å²) < 4.78 is 44.5. The predicted molar refractivity (Wildman–Crippen MR) is 148 cm³/mol. The molecule has 0 spiro atoms. The molecule has 200 valence electrons. The van der Waals surface area contributed by atoms with E-state index in [1.54, 1.807) is 42.5 Å². The van der Waals surface area contributed by atoms with Gasteiger partial charge in [0.25, 0.3) is 10.0 Å². The molecule has 1 aliphatic carbocycles. The van der Waals surface area contributed by atoms with Crippen molar-refractivity contribution in [3.63, 3.8) is 0 Å². The van der Waals surface area contributed by atoms with E-state index >= 15 is 0 Å². The lowest BCUT2D eigenvalue weighted by Gasteiger charge is -2.34. The average molecular weight is 554 g/mol. The second-order valence-corrected chi connectivity index (χ2v) is 12.4. The Hall–Kier alpha value is -3.24. The van der Waals surface area contributed by atoms with Crippen molar-refractivity contribution < 1.29 is 17.9 Å². The minimum absolute atomic E-state index is 0.000969. The van der Waals surface area contributed by atoms with Gasteiger partial charge in [0.2, 0.25) is 0 Å². The fourth-order valence-electron chi connectivity index (χ4n) is 5.25. The molecule has 10 heteroatoms. The van der Waals surface area contributed by atoms with Crippen LogP contribution in [-0.2, 0) is 22.9 Å². The summed E-state index contributed by atoms with van der Waals surface area (Å²) in [5, 5.41) is 11.6. The molecule has 4 aromatic rings. The smallest absolute Gasteiger partial charge is 0.345 e.